The van der Waals surface area contributed by atoms with Crippen LogP contribution in [0.15, 0.2) is 47.4 Å². The van der Waals surface area contributed by atoms with Gasteiger partial charge in [0.25, 0.3) is 11.1 Å². The van der Waals surface area contributed by atoms with Crippen molar-refractivity contribution in [1.82, 2.24) is 10.6 Å². The second kappa shape index (κ2) is 8.91. The summed E-state index contributed by atoms with van der Waals surface area (Å²) in [5.74, 6) is 0.658. The zero-order valence-electron chi connectivity index (χ0n) is 15.6. The van der Waals surface area contributed by atoms with Gasteiger partial charge in [-0.1, -0.05) is 23.7 Å². The highest BCUT2D eigenvalue weighted by molar-refractivity contribution is 8.18. The number of rotatable bonds is 5. The Bertz CT molecular complexity index is 1040. The molecule has 2 aliphatic rings. The Labute approximate surface area is 181 Å². The van der Waals surface area contributed by atoms with Crippen LogP contribution in [0.5, 0.6) is 11.5 Å². The van der Waals surface area contributed by atoms with Gasteiger partial charge < -0.3 is 14.8 Å². The number of halogens is 1. The van der Waals surface area contributed by atoms with Crippen molar-refractivity contribution in [3.63, 3.8) is 0 Å². The van der Waals surface area contributed by atoms with Crippen LogP contribution in [0, 0.1) is 0 Å². The fraction of sp³-hybridized carbons (Fsp3) is 0.190. The van der Waals surface area contributed by atoms with E-state index in [9.17, 15) is 14.4 Å². The average Bonchev–Trinajstić information content (AvgIpc) is 3.02. The first kappa shape index (κ1) is 20.5. The lowest BCUT2D eigenvalue weighted by Gasteiger charge is -2.23. The predicted molar refractivity (Wildman–Crippen MR) is 114 cm³/mol. The van der Waals surface area contributed by atoms with Crippen LogP contribution in [0.25, 0.3) is 6.08 Å². The van der Waals surface area contributed by atoms with Gasteiger partial charge in [0.1, 0.15) is 18.1 Å². The van der Waals surface area contributed by atoms with Gasteiger partial charge in [0.2, 0.25) is 5.91 Å². The summed E-state index contributed by atoms with van der Waals surface area (Å²) in [6.07, 6.45) is 2.24. The lowest BCUT2D eigenvalue weighted by molar-refractivity contribution is -0.131. The fourth-order valence-corrected chi connectivity index (χ4v) is 3.98. The lowest BCUT2D eigenvalue weighted by Crippen LogP contribution is -2.46. The van der Waals surface area contributed by atoms with E-state index in [1.807, 2.05) is 24.3 Å². The Kier molecular flexibility index (Phi) is 6.08. The van der Waals surface area contributed by atoms with Crippen LogP contribution in [0.1, 0.15) is 11.1 Å². The molecule has 0 bridgehead atoms. The Hall–Kier alpha value is -2.81. The van der Waals surface area contributed by atoms with Crippen LogP contribution in [-0.4, -0.2) is 36.3 Å². The van der Waals surface area contributed by atoms with Crippen molar-refractivity contribution in [2.45, 2.75) is 12.5 Å². The first-order valence-electron chi connectivity index (χ1n) is 9.14. The van der Waals surface area contributed by atoms with Gasteiger partial charge in [-0.2, -0.15) is 0 Å². The molecular formula is C21H17ClN2O5S. The molecule has 2 aliphatic heterocycles. The molecule has 3 amide bonds. The summed E-state index contributed by atoms with van der Waals surface area (Å²) in [5.41, 5.74) is 1.67. The quantitative estimate of drug-likeness (QED) is 0.685. The number of carbonyl (C=O) groups excluding carboxylic acids is 3. The van der Waals surface area contributed by atoms with Gasteiger partial charge in [-0.05, 0) is 65.7 Å². The minimum absolute atomic E-state index is 0.0334. The highest BCUT2D eigenvalue weighted by Crippen LogP contribution is 2.31. The molecule has 0 aliphatic carbocycles. The number of amides is 3. The summed E-state index contributed by atoms with van der Waals surface area (Å²) in [6, 6.07) is 12.6. The molecule has 2 aromatic rings. The number of nitrogens with one attached hydrogen (secondary N) is 2. The van der Waals surface area contributed by atoms with Crippen LogP contribution in [0.4, 0.5) is 4.79 Å². The summed E-state index contributed by atoms with van der Waals surface area (Å²) in [6.45, 7) is 0.616. The normalized spacial score (nSPS) is 20.2. The standard InChI is InChI=1S/C21H17ClN2O5S/c22-17-9-16(6-3-13(17)8-18-20(26)24-21(27)30-18)29-15-4-1-12(2-5-15)7-14-10-28-11-19(25)23-14/h1-6,8-9,14H,7,10-11H2,(H,23,25)(H,24,26,27). The van der Waals surface area contributed by atoms with Crippen LogP contribution >= 0.6 is 23.4 Å². The second-order valence-corrected chi connectivity index (χ2v) is 8.19. The van der Waals surface area contributed by atoms with Crippen molar-refractivity contribution >= 4 is 46.5 Å². The maximum atomic E-state index is 11.7. The second-order valence-electron chi connectivity index (χ2n) is 6.77. The molecule has 0 spiro atoms. The van der Waals surface area contributed by atoms with E-state index < -0.39 is 11.1 Å². The van der Waals surface area contributed by atoms with Gasteiger partial charge in [-0.15, -0.1) is 0 Å². The molecule has 2 N–H and O–H groups in total. The van der Waals surface area contributed by atoms with E-state index in [0.717, 1.165) is 17.3 Å². The minimum Gasteiger partial charge on any atom is -0.457 e. The zero-order valence-corrected chi connectivity index (χ0v) is 17.2. The minimum atomic E-state index is -0.430. The zero-order chi connectivity index (χ0) is 21.1. The molecule has 154 valence electrons. The number of thioether (sulfide) groups is 1. The Balaban J connectivity index is 1.40. The molecule has 1 unspecified atom stereocenters. The molecule has 2 fully saturated rings. The largest absolute Gasteiger partial charge is 0.457 e. The monoisotopic (exact) mass is 444 g/mol. The van der Waals surface area contributed by atoms with Crippen LogP contribution in [0.2, 0.25) is 5.02 Å². The molecule has 9 heteroatoms. The highest BCUT2D eigenvalue weighted by atomic mass is 35.5. The first-order chi connectivity index (χ1) is 14.5. The topological polar surface area (TPSA) is 93.7 Å². The number of hydrogen-bond donors (Lipinski definition) is 2. The third kappa shape index (κ3) is 5.02. The maximum absolute atomic E-state index is 11.7. The van der Waals surface area contributed by atoms with E-state index in [-0.39, 0.29) is 18.6 Å². The molecule has 7 nitrogen and oxygen atoms in total. The summed E-state index contributed by atoms with van der Waals surface area (Å²) in [4.78, 5) is 34.6. The van der Waals surface area contributed by atoms with Crippen molar-refractivity contribution in [3.8, 4) is 11.5 Å². The molecule has 1 atom stereocenters. The number of carbonyl (C=O) groups is 3. The lowest BCUT2D eigenvalue weighted by atomic mass is 10.1. The SMILES string of the molecule is O=C1COCC(Cc2ccc(Oc3ccc(C=C4SC(=O)NC4=O)c(Cl)c3)cc2)N1. The Morgan fingerprint density at radius 1 is 1.13 bits per heavy atom. The van der Waals surface area contributed by atoms with Gasteiger partial charge >= 0.3 is 0 Å². The molecule has 2 saturated heterocycles. The third-order valence-electron chi connectivity index (χ3n) is 4.46. The third-order valence-corrected chi connectivity index (χ3v) is 5.60. The van der Waals surface area contributed by atoms with Gasteiger partial charge in [0, 0.05) is 0 Å². The van der Waals surface area contributed by atoms with Crippen LogP contribution in [-0.2, 0) is 20.7 Å². The highest BCUT2D eigenvalue weighted by Gasteiger charge is 2.25. The van der Waals surface area contributed by atoms with E-state index in [1.54, 1.807) is 24.3 Å². The first-order valence-corrected chi connectivity index (χ1v) is 10.3. The van der Waals surface area contributed by atoms with Crippen molar-refractivity contribution in [2.75, 3.05) is 13.2 Å². The fourth-order valence-electron chi connectivity index (χ4n) is 3.08. The summed E-state index contributed by atoms with van der Waals surface area (Å²) >= 11 is 7.15. The van der Waals surface area contributed by atoms with E-state index >= 15 is 0 Å². The number of hydrogen-bond acceptors (Lipinski definition) is 6. The van der Waals surface area contributed by atoms with Gasteiger partial charge in [0.05, 0.1) is 22.6 Å². The van der Waals surface area contributed by atoms with Crippen molar-refractivity contribution < 1.29 is 23.9 Å². The Morgan fingerprint density at radius 3 is 2.57 bits per heavy atom. The van der Waals surface area contributed by atoms with Gasteiger partial charge in [0.15, 0.2) is 0 Å². The number of benzene rings is 2. The van der Waals surface area contributed by atoms with E-state index in [0.29, 0.717) is 40.0 Å². The van der Waals surface area contributed by atoms with Crippen molar-refractivity contribution in [1.29, 1.82) is 0 Å². The van der Waals surface area contributed by atoms with Gasteiger partial charge in [-0.25, -0.2) is 0 Å². The van der Waals surface area contributed by atoms with Gasteiger partial charge in [-0.3, -0.25) is 19.7 Å². The van der Waals surface area contributed by atoms with E-state index in [2.05, 4.69) is 10.6 Å². The molecule has 0 aromatic heterocycles. The summed E-state index contributed by atoms with van der Waals surface area (Å²) in [7, 11) is 0. The molecule has 4 rings (SSSR count). The number of morpholine rings is 1. The molecule has 0 radical (unpaired) electrons. The van der Waals surface area contributed by atoms with Crippen LogP contribution < -0.4 is 15.4 Å². The van der Waals surface area contributed by atoms with E-state index in [1.165, 1.54) is 0 Å². The summed E-state index contributed by atoms with van der Waals surface area (Å²) in [5, 5.41) is 5.11. The molecular weight excluding hydrogens is 428 g/mol. The van der Waals surface area contributed by atoms with Crippen molar-refractivity contribution in [3.05, 3.63) is 63.5 Å². The van der Waals surface area contributed by atoms with E-state index in [4.69, 9.17) is 21.1 Å². The average molecular weight is 445 g/mol. The predicted octanol–water partition coefficient (Wildman–Crippen LogP) is 3.51. The molecule has 0 saturated carbocycles. The number of imide groups is 1. The smallest absolute Gasteiger partial charge is 0.290 e. The van der Waals surface area contributed by atoms with Crippen LogP contribution in [0.3, 0.4) is 0 Å². The maximum Gasteiger partial charge on any atom is 0.290 e. The van der Waals surface area contributed by atoms with Crippen molar-refractivity contribution in [2.24, 2.45) is 0 Å². The number of ether oxygens (including phenoxy) is 2. The molecule has 2 aromatic carbocycles. The molecule has 2 heterocycles. The molecule has 30 heavy (non-hydrogen) atoms. The summed E-state index contributed by atoms with van der Waals surface area (Å²) < 4.78 is 11.1. The Morgan fingerprint density at radius 2 is 1.90 bits per heavy atom.